The van der Waals surface area contributed by atoms with Gasteiger partial charge in [0.1, 0.15) is 0 Å². The Labute approximate surface area is 175 Å². The Kier molecular flexibility index (Phi) is 11.1. The maximum absolute atomic E-state index is 12.4. The van der Waals surface area contributed by atoms with Gasteiger partial charge in [0.15, 0.2) is 0 Å². The van der Waals surface area contributed by atoms with Gasteiger partial charge in [-0.25, -0.2) is 0 Å². The van der Waals surface area contributed by atoms with Crippen molar-refractivity contribution in [2.24, 2.45) is 0 Å². The van der Waals surface area contributed by atoms with Crippen LogP contribution in [0.4, 0.5) is 5.69 Å². The third kappa shape index (κ3) is 7.06. The first-order valence-corrected chi connectivity index (χ1v) is 8.96. The van der Waals surface area contributed by atoms with Crippen molar-refractivity contribution in [3.8, 4) is 0 Å². The lowest BCUT2D eigenvalue weighted by atomic mass is 9.90. The van der Waals surface area contributed by atoms with E-state index in [1.165, 1.54) is 5.56 Å². The van der Waals surface area contributed by atoms with Gasteiger partial charge in [0.25, 0.3) is 5.91 Å². The normalized spacial score (nSPS) is 11.7. The smallest absolute Gasteiger partial charge is 0.251 e. The quantitative estimate of drug-likeness (QED) is 0.548. The number of carbonyl (C=O) groups is 1. The van der Waals surface area contributed by atoms with Crippen molar-refractivity contribution in [3.05, 3.63) is 65.7 Å². The maximum Gasteiger partial charge on any atom is 0.251 e. The second-order valence-corrected chi connectivity index (χ2v) is 6.57. The standard InChI is InChI=1S/C21H29N3O.2ClH/c1-4-21(5-2,24-16(3)17-10-7-6-8-11-17)15-23-20(25)18-12-9-13-19(22)14-18;;/h6-14,16,24H,4-5,15,22H2,1-3H3,(H,23,25);2*1H. The number of benzene rings is 2. The van der Waals surface area contributed by atoms with Crippen molar-refractivity contribution >= 4 is 36.4 Å². The summed E-state index contributed by atoms with van der Waals surface area (Å²) in [5, 5.41) is 6.79. The van der Waals surface area contributed by atoms with E-state index >= 15 is 0 Å². The molecule has 0 saturated carbocycles. The van der Waals surface area contributed by atoms with Crippen molar-refractivity contribution in [2.75, 3.05) is 12.3 Å². The van der Waals surface area contributed by atoms with Crippen LogP contribution in [0.1, 0.15) is 55.6 Å². The van der Waals surface area contributed by atoms with E-state index in [0.29, 0.717) is 17.8 Å². The van der Waals surface area contributed by atoms with Gasteiger partial charge in [-0.15, -0.1) is 24.8 Å². The highest BCUT2D eigenvalue weighted by atomic mass is 35.5. The summed E-state index contributed by atoms with van der Waals surface area (Å²) in [5.41, 5.74) is 8.06. The molecule has 4 N–H and O–H groups in total. The fourth-order valence-corrected chi connectivity index (χ4v) is 3.07. The van der Waals surface area contributed by atoms with Crippen LogP contribution in [0.25, 0.3) is 0 Å². The van der Waals surface area contributed by atoms with Crippen molar-refractivity contribution in [3.63, 3.8) is 0 Å². The molecule has 0 heterocycles. The highest BCUT2D eigenvalue weighted by Crippen LogP contribution is 2.21. The highest BCUT2D eigenvalue weighted by molar-refractivity contribution is 5.95. The Morgan fingerprint density at radius 3 is 2.22 bits per heavy atom. The van der Waals surface area contributed by atoms with Crippen LogP contribution in [0.2, 0.25) is 0 Å². The number of nitrogen functional groups attached to an aromatic ring is 1. The number of rotatable bonds is 8. The van der Waals surface area contributed by atoms with E-state index < -0.39 is 0 Å². The molecule has 2 aromatic carbocycles. The highest BCUT2D eigenvalue weighted by Gasteiger charge is 2.28. The molecule has 0 bridgehead atoms. The number of nitrogens with two attached hydrogens (primary N) is 1. The molecule has 2 rings (SSSR count). The molecule has 150 valence electrons. The molecule has 1 atom stereocenters. The van der Waals surface area contributed by atoms with Gasteiger partial charge in [0.2, 0.25) is 0 Å². The lowest BCUT2D eigenvalue weighted by molar-refractivity contribution is 0.0934. The van der Waals surface area contributed by atoms with Crippen LogP contribution in [0.3, 0.4) is 0 Å². The SMILES string of the molecule is CCC(CC)(CNC(=O)c1cccc(N)c1)NC(C)c1ccccc1.Cl.Cl. The molecule has 0 spiro atoms. The van der Waals surface area contributed by atoms with Crippen molar-refractivity contribution in [1.82, 2.24) is 10.6 Å². The molecular weight excluding hydrogens is 381 g/mol. The van der Waals surface area contributed by atoms with Crippen LogP contribution in [-0.4, -0.2) is 18.0 Å². The lowest BCUT2D eigenvalue weighted by Crippen LogP contribution is -2.53. The van der Waals surface area contributed by atoms with Crippen LogP contribution in [0, 0.1) is 0 Å². The summed E-state index contributed by atoms with van der Waals surface area (Å²) in [6.45, 7) is 7.04. The minimum Gasteiger partial charge on any atom is -0.399 e. The Hall–Kier alpha value is -1.75. The number of nitrogens with one attached hydrogen (secondary N) is 2. The van der Waals surface area contributed by atoms with E-state index in [9.17, 15) is 4.79 Å². The minimum absolute atomic E-state index is 0. The van der Waals surface area contributed by atoms with Gasteiger partial charge in [-0.3, -0.25) is 4.79 Å². The van der Waals surface area contributed by atoms with Gasteiger partial charge in [0.05, 0.1) is 0 Å². The first kappa shape index (κ1) is 25.2. The third-order valence-electron chi connectivity index (χ3n) is 4.91. The fraction of sp³-hybridized carbons (Fsp3) is 0.381. The van der Waals surface area contributed by atoms with E-state index in [4.69, 9.17) is 5.73 Å². The summed E-state index contributed by atoms with van der Waals surface area (Å²) in [6, 6.07) is 17.6. The molecule has 0 aromatic heterocycles. The molecule has 6 heteroatoms. The van der Waals surface area contributed by atoms with Crippen LogP contribution >= 0.6 is 24.8 Å². The summed E-state index contributed by atoms with van der Waals surface area (Å²) >= 11 is 0. The molecule has 0 aliphatic carbocycles. The molecule has 27 heavy (non-hydrogen) atoms. The third-order valence-corrected chi connectivity index (χ3v) is 4.91. The largest absolute Gasteiger partial charge is 0.399 e. The zero-order valence-electron chi connectivity index (χ0n) is 16.2. The first-order valence-electron chi connectivity index (χ1n) is 8.96. The monoisotopic (exact) mass is 411 g/mol. The second kappa shape index (κ2) is 11.9. The number of hydrogen-bond donors (Lipinski definition) is 3. The summed E-state index contributed by atoms with van der Waals surface area (Å²) in [4.78, 5) is 12.4. The van der Waals surface area contributed by atoms with Crippen LogP contribution < -0.4 is 16.4 Å². The zero-order chi connectivity index (χ0) is 18.3. The van der Waals surface area contributed by atoms with Crippen molar-refractivity contribution < 1.29 is 4.79 Å². The summed E-state index contributed by atoms with van der Waals surface area (Å²) < 4.78 is 0. The van der Waals surface area contributed by atoms with Crippen molar-refractivity contribution in [2.45, 2.75) is 45.2 Å². The van der Waals surface area contributed by atoms with Gasteiger partial charge >= 0.3 is 0 Å². The van der Waals surface area contributed by atoms with E-state index in [1.54, 1.807) is 24.3 Å². The number of halogens is 2. The van der Waals surface area contributed by atoms with E-state index in [-0.39, 0.29) is 42.3 Å². The summed E-state index contributed by atoms with van der Waals surface area (Å²) in [7, 11) is 0. The van der Waals surface area contributed by atoms with Crippen LogP contribution in [0.5, 0.6) is 0 Å². The molecule has 4 nitrogen and oxygen atoms in total. The Balaban J connectivity index is 0.00000338. The van der Waals surface area contributed by atoms with Gasteiger partial charge in [-0.1, -0.05) is 50.2 Å². The van der Waals surface area contributed by atoms with E-state index in [1.807, 2.05) is 6.07 Å². The molecule has 1 amide bonds. The molecule has 0 radical (unpaired) electrons. The molecule has 1 unspecified atom stereocenters. The molecular formula is C21H31Cl2N3O. The minimum atomic E-state index is -0.148. The van der Waals surface area contributed by atoms with Gasteiger partial charge in [0, 0.05) is 29.4 Å². The Bertz CT molecular complexity index is 691. The molecule has 2 aromatic rings. The average Bonchev–Trinajstić information content (AvgIpc) is 2.65. The Morgan fingerprint density at radius 2 is 1.67 bits per heavy atom. The van der Waals surface area contributed by atoms with E-state index in [2.05, 4.69) is 55.7 Å². The number of hydrogen-bond acceptors (Lipinski definition) is 3. The number of amides is 1. The predicted molar refractivity (Wildman–Crippen MR) is 119 cm³/mol. The number of anilines is 1. The summed E-state index contributed by atoms with van der Waals surface area (Å²) in [6.07, 6.45) is 1.86. The van der Waals surface area contributed by atoms with E-state index in [0.717, 1.165) is 12.8 Å². The molecule has 0 aliphatic rings. The second-order valence-electron chi connectivity index (χ2n) is 6.57. The van der Waals surface area contributed by atoms with Crippen LogP contribution in [-0.2, 0) is 0 Å². The van der Waals surface area contributed by atoms with Gasteiger partial charge < -0.3 is 16.4 Å². The average molecular weight is 412 g/mol. The van der Waals surface area contributed by atoms with Crippen LogP contribution in [0.15, 0.2) is 54.6 Å². The molecule has 0 fully saturated rings. The molecule has 0 aliphatic heterocycles. The lowest BCUT2D eigenvalue weighted by Gasteiger charge is -2.36. The zero-order valence-corrected chi connectivity index (χ0v) is 17.8. The number of carbonyl (C=O) groups excluding carboxylic acids is 1. The fourth-order valence-electron chi connectivity index (χ4n) is 3.07. The summed E-state index contributed by atoms with van der Waals surface area (Å²) in [5.74, 6) is -0.0901. The predicted octanol–water partition coefficient (Wildman–Crippen LogP) is 4.75. The van der Waals surface area contributed by atoms with Crippen molar-refractivity contribution in [1.29, 1.82) is 0 Å². The first-order chi connectivity index (χ1) is 12.0. The van der Waals surface area contributed by atoms with Gasteiger partial charge in [-0.05, 0) is 43.5 Å². The topological polar surface area (TPSA) is 67.2 Å². The van der Waals surface area contributed by atoms with Gasteiger partial charge in [-0.2, -0.15) is 0 Å². The molecule has 0 saturated heterocycles. The Morgan fingerprint density at radius 1 is 1.04 bits per heavy atom. The maximum atomic E-state index is 12.4.